The maximum Gasteiger partial charge on any atom is 0.262 e. The van der Waals surface area contributed by atoms with E-state index in [1.165, 1.54) is 4.31 Å². The van der Waals surface area contributed by atoms with Crippen molar-refractivity contribution in [1.29, 1.82) is 0 Å². The number of amides is 1. The number of nitrogens with zero attached hydrogens (tertiary/aromatic N) is 2. The van der Waals surface area contributed by atoms with E-state index in [4.69, 9.17) is 0 Å². The Morgan fingerprint density at radius 1 is 1.08 bits per heavy atom. The van der Waals surface area contributed by atoms with Crippen molar-refractivity contribution in [3.8, 4) is 0 Å². The van der Waals surface area contributed by atoms with Gasteiger partial charge in [-0.2, -0.15) is 0 Å². The molecule has 0 aromatic heterocycles. The Balaban J connectivity index is 2.27. The molecule has 0 aliphatic carbocycles. The summed E-state index contributed by atoms with van der Waals surface area (Å²) in [5.74, 6) is -0.0286. The summed E-state index contributed by atoms with van der Waals surface area (Å²) >= 11 is -2.15. The van der Waals surface area contributed by atoms with Gasteiger partial charge in [0.05, 0.1) is 12.2 Å². The van der Waals surface area contributed by atoms with Crippen LogP contribution in [0.2, 0.25) is 0 Å². The molecular weight excluding hydrogens is 336 g/mol. The summed E-state index contributed by atoms with van der Waals surface area (Å²) in [4.78, 5) is 14.2. The minimum atomic E-state index is -2.15. The Bertz CT molecular complexity index is 760. The lowest BCUT2D eigenvalue weighted by Gasteiger charge is -2.22. The van der Waals surface area contributed by atoms with Gasteiger partial charge in [0.1, 0.15) is 0 Å². The van der Waals surface area contributed by atoms with E-state index in [0.717, 1.165) is 11.1 Å². The Hall–Kier alpha value is -2.18. The maximum atomic E-state index is 12.5. The van der Waals surface area contributed by atoms with Gasteiger partial charge in [0, 0.05) is 18.7 Å². The van der Waals surface area contributed by atoms with Crippen molar-refractivity contribution in [3.63, 3.8) is 0 Å². The van der Waals surface area contributed by atoms with Crippen LogP contribution in [0.25, 0.3) is 0 Å². The molecule has 0 radical (unpaired) electrons. The summed E-state index contributed by atoms with van der Waals surface area (Å²) in [7, 11) is 0. The quantitative estimate of drug-likeness (QED) is 0.767. The highest BCUT2D eigenvalue weighted by Crippen LogP contribution is 2.20. The van der Waals surface area contributed by atoms with E-state index in [1.807, 2.05) is 45.0 Å². The highest BCUT2D eigenvalue weighted by Gasteiger charge is 2.16. The fraction of sp³-hybridized carbons (Fsp3) is 0.316. The molecule has 0 saturated carbocycles. The molecule has 1 unspecified atom stereocenters. The summed E-state index contributed by atoms with van der Waals surface area (Å²) in [6, 6.07) is 14.7. The topological polar surface area (TPSA) is 60.9 Å². The molecule has 0 bridgehead atoms. The average Bonchev–Trinajstić information content (AvgIpc) is 2.60. The van der Waals surface area contributed by atoms with E-state index < -0.39 is 11.3 Å². The molecule has 6 heteroatoms. The molecular formula is C19H24N2O3S. The van der Waals surface area contributed by atoms with Gasteiger partial charge < -0.3 is 4.90 Å². The van der Waals surface area contributed by atoms with Crippen molar-refractivity contribution in [2.75, 3.05) is 17.4 Å². The Kier molecular flexibility index (Phi) is 6.73. The summed E-state index contributed by atoms with van der Waals surface area (Å²) in [5, 5.41) is 0. The summed E-state index contributed by atoms with van der Waals surface area (Å²) in [5.41, 5.74) is 3.08. The second-order valence-electron chi connectivity index (χ2n) is 5.78. The van der Waals surface area contributed by atoms with E-state index >= 15 is 0 Å². The molecule has 1 N–H and O–H groups in total. The number of benzene rings is 2. The second-order valence-corrected chi connectivity index (χ2v) is 6.69. The van der Waals surface area contributed by atoms with Crippen LogP contribution in [-0.4, -0.2) is 32.7 Å². The van der Waals surface area contributed by atoms with Crippen LogP contribution >= 0.6 is 0 Å². The molecule has 0 heterocycles. The van der Waals surface area contributed by atoms with Crippen LogP contribution in [0, 0.1) is 6.92 Å². The van der Waals surface area contributed by atoms with E-state index in [-0.39, 0.29) is 12.5 Å². The van der Waals surface area contributed by atoms with Gasteiger partial charge in [0.25, 0.3) is 17.2 Å². The van der Waals surface area contributed by atoms with Crippen LogP contribution in [0.3, 0.4) is 0 Å². The number of carbonyl (C=O) groups is 1. The zero-order valence-corrected chi connectivity index (χ0v) is 15.6. The van der Waals surface area contributed by atoms with Gasteiger partial charge in [0.2, 0.25) is 0 Å². The lowest BCUT2D eigenvalue weighted by molar-refractivity contribution is 0.0773. The van der Waals surface area contributed by atoms with Crippen LogP contribution in [0.1, 0.15) is 35.3 Å². The van der Waals surface area contributed by atoms with Gasteiger partial charge in [-0.3, -0.25) is 13.7 Å². The van der Waals surface area contributed by atoms with E-state index in [2.05, 4.69) is 0 Å². The van der Waals surface area contributed by atoms with Crippen LogP contribution in [0.5, 0.6) is 0 Å². The molecule has 1 atom stereocenters. The Morgan fingerprint density at radius 3 is 2.36 bits per heavy atom. The third kappa shape index (κ3) is 4.90. The fourth-order valence-corrected chi connectivity index (χ4v) is 3.24. The van der Waals surface area contributed by atoms with Crippen LogP contribution < -0.4 is 4.31 Å². The predicted octanol–water partition coefficient (Wildman–Crippen LogP) is 3.62. The second kappa shape index (κ2) is 8.78. The first-order valence-corrected chi connectivity index (χ1v) is 9.36. The number of rotatable bonds is 7. The minimum Gasteiger partial charge on any atom is -0.339 e. The summed E-state index contributed by atoms with van der Waals surface area (Å²) in [6.07, 6.45) is 0. The van der Waals surface area contributed by atoms with Gasteiger partial charge in [-0.05, 0) is 56.2 Å². The third-order valence-electron chi connectivity index (χ3n) is 4.03. The third-order valence-corrected chi connectivity index (χ3v) is 4.75. The number of hydrogen-bond donors (Lipinski definition) is 1. The SMILES string of the molecule is CCN(CC)C(=O)c1cccc(CN(c2cccc(C)c2)S(=O)O)c1. The Morgan fingerprint density at radius 2 is 1.76 bits per heavy atom. The zero-order chi connectivity index (χ0) is 18.4. The number of aryl methyl sites for hydroxylation is 1. The highest BCUT2D eigenvalue weighted by atomic mass is 32.2. The van der Waals surface area contributed by atoms with Crippen molar-refractivity contribution in [2.24, 2.45) is 0 Å². The molecule has 0 fully saturated rings. The number of anilines is 1. The maximum absolute atomic E-state index is 12.5. The fourth-order valence-electron chi connectivity index (χ4n) is 2.68. The predicted molar refractivity (Wildman–Crippen MR) is 102 cm³/mol. The van der Waals surface area contributed by atoms with Crippen molar-refractivity contribution >= 4 is 22.9 Å². The average molecular weight is 360 g/mol. The number of carbonyl (C=O) groups excluding carboxylic acids is 1. The van der Waals surface area contributed by atoms with Gasteiger partial charge in [-0.25, -0.2) is 4.21 Å². The van der Waals surface area contributed by atoms with E-state index in [9.17, 15) is 13.6 Å². The van der Waals surface area contributed by atoms with Crippen molar-refractivity contribution in [2.45, 2.75) is 27.3 Å². The molecule has 5 nitrogen and oxygen atoms in total. The minimum absolute atomic E-state index is 0.0286. The molecule has 25 heavy (non-hydrogen) atoms. The van der Waals surface area contributed by atoms with Crippen LogP contribution in [0.15, 0.2) is 48.5 Å². The molecule has 1 amide bonds. The van der Waals surface area contributed by atoms with Crippen molar-refractivity contribution in [1.82, 2.24) is 4.90 Å². The van der Waals surface area contributed by atoms with Crippen LogP contribution in [0.4, 0.5) is 5.69 Å². The molecule has 2 rings (SSSR count). The number of hydrogen-bond acceptors (Lipinski definition) is 2. The largest absolute Gasteiger partial charge is 0.339 e. The summed E-state index contributed by atoms with van der Waals surface area (Å²) in [6.45, 7) is 7.36. The lowest BCUT2D eigenvalue weighted by Crippen LogP contribution is -2.30. The lowest BCUT2D eigenvalue weighted by atomic mass is 10.1. The molecule has 2 aromatic rings. The molecule has 0 spiro atoms. The van der Waals surface area contributed by atoms with Gasteiger partial charge in [-0.1, -0.05) is 24.3 Å². The Labute approximate surface area is 151 Å². The van der Waals surface area contributed by atoms with Crippen molar-refractivity contribution < 1.29 is 13.6 Å². The standard InChI is InChI=1S/C19H24N2O3S/c1-4-20(5-2)19(22)17-10-7-9-16(13-17)14-21(25(23)24)18-11-6-8-15(3)12-18/h6-13H,4-5,14H2,1-3H3,(H,23,24). The highest BCUT2D eigenvalue weighted by molar-refractivity contribution is 7.80. The molecule has 134 valence electrons. The first-order chi connectivity index (χ1) is 12.0. The first kappa shape index (κ1) is 19.1. The van der Waals surface area contributed by atoms with E-state index in [1.54, 1.807) is 29.2 Å². The molecule has 0 aliphatic heterocycles. The molecule has 0 saturated heterocycles. The molecule has 2 aromatic carbocycles. The van der Waals surface area contributed by atoms with Crippen LogP contribution in [-0.2, 0) is 17.8 Å². The van der Waals surface area contributed by atoms with Gasteiger partial charge in [0.15, 0.2) is 0 Å². The normalized spacial score (nSPS) is 11.8. The van der Waals surface area contributed by atoms with E-state index in [0.29, 0.717) is 24.3 Å². The molecule has 0 aliphatic rings. The van der Waals surface area contributed by atoms with Crippen molar-refractivity contribution in [3.05, 3.63) is 65.2 Å². The monoisotopic (exact) mass is 360 g/mol. The first-order valence-electron chi connectivity index (χ1n) is 8.29. The summed E-state index contributed by atoms with van der Waals surface area (Å²) < 4.78 is 22.9. The zero-order valence-electron chi connectivity index (χ0n) is 14.8. The van der Waals surface area contributed by atoms with Gasteiger partial charge in [-0.15, -0.1) is 0 Å². The van der Waals surface area contributed by atoms with Gasteiger partial charge >= 0.3 is 0 Å². The smallest absolute Gasteiger partial charge is 0.262 e.